The molecule has 2 aromatic heterocycles. The molecule has 5 rings (SSSR count). The van der Waals surface area contributed by atoms with Crippen LogP contribution in [0.2, 0.25) is 5.02 Å². The number of nitrogens with zero attached hydrogens (tertiary/aromatic N) is 5. The molecule has 3 heterocycles. The van der Waals surface area contributed by atoms with Crippen molar-refractivity contribution in [2.75, 3.05) is 30.8 Å². The molecule has 3 amide bonds. The number of halogens is 1. The van der Waals surface area contributed by atoms with E-state index >= 15 is 0 Å². The molecule has 5 N–H and O–H groups in total. The number of anilines is 2. The second kappa shape index (κ2) is 13.6. The molecule has 43 heavy (non-hydrogen) atoms. The first-order chi connectivity index (χ1) is 20.9. The van der Waals surface area contributed by atoms with Crippen LogP contribution in [0.25, 0.3) is 23.0 Å². The Morgan fingerprint density at radius 1 is 1.14 bits per heavy atom. The molecule has 1 atom stereocenters. The number of benzene rings is 2. The van der Waals surface area contributed by atoms with Crippen molar-refractivity contribution in [3.05, 3.63) is 71.4 Å². The maximum Gasteiger partial charge on any atom is 0.411 e. The number of nitrogens with one attached hydrogen (secondary N) is 5. The average Bonchev–Trinajstić information content (AvgIpc) is 3.70. The number of aromatic nitrogens is 6. The van der Waals surface area contributed by atoms with E-state index in [0.29, 0.717) is 46.6 Å². The smallest absolute Gasteiger partial charge is 0.411 e. The van der Waals surface area contributed by atoms with Crippen molar-refractivity contribution >= 4 is 47.0 Å². The third kappa shape index (κ3) is 7.54. The van der Waals surface area contributed by atoms with Crippen LogP contribution in [-0.4, -0.2) is 68.3 Å². The Hall–Kier alpha value is -5.24. The minimum Gasteiger partial charge on any atom is -0.453 e. The molecule has 0 radical (unpaired) electrons. The summed E-state index contributed by atoms with van der Waals surface area (Å²) in [7, 11) is 1.30. The summed E-state index contributed by atoms with van der Waals surface area (Å²) in [6.45, 7) is 1.13. The van der Waals surface area contributed by atoms with Crippen LogP contribution in [0.1, 0.15) is 36.7 Å². The zero-order valence-corrected chi connectivity index (χ0v) is 23.9. The fourth-order valence-electron chi connectivity index (χ4n) is 4.52. The van der Waals surface area contributed by atoms with Crippen LogP contribution in [-0.2, 0) is 14.3 Å². The Balaban J connectivity index is 1.40. The van der Waals surface area contributed by atoms with Gasteiger partial charge in [-0.05, 0) is 65.7 Å². The standard InChI is InChI=1S/C28H29ClN10O4/c1-43-28(42)34-19-6-7-20-21(13-19)30-10-2-3-11-31-26(41)14-22(27-32-15-23(20)36-27)35-25(40)9-4-17-12-18(29)5-8-24(17)39-16-33-37-38-39/h4-9,12-13,15-16,22,30H,2-3,10-11,14H2,1H3,(H,31,41)(H,32,36)(H,34,42)(H,35,40). The summed E-state index contributed by atoms with van der Waals surface area (Å²) < 4.78 is 6.17. The highest BCUT2D eigenvalue weighted by Crippen LogP contribution is 2.31. The van der Waals surface area contributed by atoms with Gasteiger partial charge in [0.25, 0.3) is 0 Å². The van der Waals surface area contributed by atoms with Gasteiger partial charge < -0.3 is 25.7 Å². The molecular formula is C28H29ClN10O4. The van der Waals surface area contributed by atoms with E-state index in [9.17, 15) is 14.4 Å². The SMILES string of the molecule is COC(=O)Nc1ccc2c(c1)NCCCCNC(=O)CC(NC(=O)C=Cc1cc(Cl)ccc1-n1cnnn1)c1ncc-2[nH]1. The van der Waals surface area contributed by atoms with Gasteiger partial charge in [0.2, 0.25) is 11.8 Å². The number of fused-ring (bicyclic) bond motifs is 4. The van der Waals surface area contributed by atoms with E-state index in [0.717, 1.165) is 24.1 Å². The van der Waals surface area contributed by atoms with E-state index < -0.39 is 18.0 Å². The number of ether oxygens (including phenoxy) is 1. The summed E-state index contributed by atoms with van der Waals surface area (Å²) in [4.78, 5) is 45.4. The van der Waals surface area contributed by atoms with Crippen LogP contribution in [0, 0.1) is 0 Å². The van der Waals surface area contributed by atoms with E-state index in [1.165, 1.54) is 24.2 Å². The minimum absolute atomic E-state index is 0.0212. The number of aromatic amines is 1. The maximum atomic E-state index is 13.1. The number of carbonyl (C=O) groups is 3. The zero-order chi connectivity index (χ0) is 30.2. The lowest BCUT2D eigenvalue weighted by Crippen LogP contribution is -2.34. The number of hydrogen-bond donors (Lipinski definition) is 5. The number of hydrogen-bond acceptors (Lipinski definition) is 9. The molecule has 0 fully saturated rings. The Labute approximate surface area is 251 Å². The Morgan fingerprint density at radius 2 is 1.98 bits per heavy atom. The summed E-state index contributed by atoms with van der Waals surface area (Å²) in [6, 6.07) is 9.78. The van der Waals surface area contributed by atoms with Crippen molar-refractivity contribution in [1.82, 2.24) is 40.8 Å². The summed E-state index contributed by atoms with van der Waals surface area (Å²) in [5.74, 6) is -0.254. The molecule has 0 saturated carbocycles. The highest BCUT2D eigenvalue weighted by atomic mass is 35.5. The molecule has 0 saturated heterocycles. The van der Waals surface area contributed by atoms with E-state index in [4.69, 9.17) is 16.3 Å². The van der Waals surface area contributed by atoms with Crippen molar-refractivity contribution in [3.63, 3.8) is 0 Å². The normalized spacial score (nSPS) is 15.5. The van der Waals surface area contributed by atoms with Crippen molar-refractivity contribution in [3.8, 4) is 16.9 Å². The maximum absolute atomic E-state index is 13.1. The van der Waals surface area contributed by atoms with Gasteiger partial charge in [0, 0.05) is 46.7 Å². The Morgan fingerprint density at radius 3 is 2.77 bits per heavy atom. The fraction of sp³-hybridized carbons (Fsp3) is 0.250. The van der Waals surface area contributed by atoms with Crippen molar-refractivity contribution in [2.45, 2.75) is 25.3 Å². The number of imidazole rings is 1. The predicted molar refractivity (Wildman–Crippen MR) is 159 cm³/mol. The highest BCUT2D eigenvalue weighted by molar-refractivity contribution is 6.30. The molecule has 2 aromatic carbocycles. The van der Waals surface area contributed by atoms with Crippen LogP contribution in [0.5, 0.6) is 0 Å². The molecule has 1 aliphatic heterocycles. The quantitative estimate of drug-likeness (QED) is 0.213. The summed E-state index contributed by atoms with van der Waals surface area (Å²) in [5.41, 5.74) is 4.05. The molecule has 4 aromatic rings. The molecule has 0 spiro atoms. The Bertz CT molecular complexity index is 1640. The van der Waals surface area contributed by atoms with Crippen LogP contribution >= 0.6 is 11.6 Å². The van der Waals surface area contributed by atoms with Gasteiger partial charge in [-0.2, -0.15) is 4.68 Å². The third-order valence-corrected chi connectivity index (χ3v) is 6.85. The van der Waals surface area contributed by atoms with E-state index in [-0.39, 0.29) is 12.3 Å². The van der Waals surface area contributed by atoms with Gasteiger partial charge in [0.15, 0.2) is 0 Å². The minimum atomic E-state index is -0.746. The van der Waals surface area contributed by atoms with Gasteiger partial charge in [0.1, 0.15) is 12.2 Å². The number of tetrazole rings is 1. The van der Waals surface area contributed by atoms with Crippen molar-refractivity contribution < 1.29 is 19.1 Å². The van der Waals surface area contributed by atoms with Crippen molar-refractivity contribution in [1.29, 1.82) is 0 Å². The number of methoxy groups -OCH3 is 1. The molecule has 2 bridgehead atoms. The first-order valence-corrected chi connectivity index (χ1v) is 13.8. The van der Waals surface area contributed by atoms with Crippen LogP contribution in [0.3, 0.4) is 0 Å². The van der Waals surface area contributed by atoms with Crippen LogP contribution in [0.15, 0.2) is 55.0 Å². The topological polar surface area (TPSA) is 181 Å². The fourth-order valence-corrected chi connectivity index (χ4v) is 4.70. The van der Waals surface area contributed by atoms with Gasteiger partial charge in [-0.1, -0.05) is 11.6 Å². The number of carbonyl (C=O) groups excluding carboxylic acids is 3. The molecule has 14 nitrogen and oxygen atoms in total. The molecule has 15 heteroatoms. The van der Waals surface area contributed by atoms with E-state index in [1.807, 2.05) is 12.1 Å². The lowest BCUT2D eigenvalue weighted by molar-refractivity contribution is -0.122. The largest absolute Gasteiger partial charge is 0.453 e. The number of amides is 3. The summed E-state index contributed by atoms with van der Waals surface area (Å²) in [5, 5.41) is 23.6. The average molecular weight is 605 g/mol. The molecule has 1 aliphatic rings. The predicted octanol–water partition coefficient (Wildman–Crippen LogP) is 3.47. The van der Waals surface area contributed by atoms with Gasteiger partial charge in [0.05, 0.1) is 37.2 Å². The van der Waals surface area contributed by atoms with E-state index in [2.05, 4.69) is 46.8 Å². The lowest BCUT2D eigenvalue weighted by atomic mass is 10.1. The van der Waals surface area contributed by atoms with Crippen LogP contribution < -0.4 is 21.3 Å². The third-order valence-electron chi connectivity index (χ3n) is 6.61. The first-order valence-electron chi connectivity index (χ1n) is 13.5. The second-order valence-electron chi connectivity index (χ2n) is 9.60. The van der Waals surface area contributed by atoms with Gasteiger partial charge in [-0.25, -0.2) is 9.78 Å². The van der Waals surface area contributed by atoms with Gasteiger partial charge in [-0.15, -0.1) is 5.10 Å². The molecule has 1 unspecified atom stereocenters. The van der Waals surface area contributed by atoms with Gasteiger partial charge >= 0.3 is 6.09 Å². The lowest BCUT2D eigenvalue weighted by Gasteiger charge is -2.17. The number of rotatable bonds is 5. The van der Waals surface area contributed by atoms with Gasteiger partial charge in [-0.3, -0.25) is 14.9 Å². The van der Waals surface area contributed by atoms with E-state index in [1.54, 1.807) is 36.5 Å². The summed E-state index contributed by atoms with van der Waals surface area (Å²) in [6.07, 6.45) is 6.97. The molecule has 222 valence electrons. The second-order valence-corrected chi connectivity index (χ2v) is 10.0. The van der Waals surface area contributed by atoms with Crippen LogP contribution in [0.4, 0.5) is 16.2 Å². The zero-order valence-electron chi connectivity index (χ0n) is 23.1. The highest BCUT2D eigenvalue weighted by Gasteiger charge is 2.22. The number of H-pyrrole nitrogens is 1. The Kier molecular flexibility index (Phi) is 9.26. The van der Waals surface area contributed by atoms with Crippen molar-refractivity contribution in [2.24, 2.45) is 0 Å². The molecule has 0 aliphatic carbocycles. The summed E-state index contributed by atoms with van der Waals surface area (Å²) >= 11 is 6.19. The first kappa shape index (κ1) is 29.3. The monoisotopic (exact) mass is 604 g/mol. The molecular weight excluding hydrogens is 576 g/mol.